The molecule has 2 atom stereocenters. The molecule has 1 saturated heterocycles. The van der Waals surface area contributed by atoms with Gasteiger partial charge < -0.3 is 15.7 Å². The third-order valence-corrected chi connectivity index (χ3v) is 5.80. The molecule has 0 amide bonds. The van der Waals surface area contributed by atoms with Gasteiger partial charge in [0.15, 0.2) is 11.9 Å². The van der Waals surface area contributed by atoms with E-state index < -0.39 is 41.0 Å². The van der Waals surface area contributed by atoms with Gasteiger partial charge in [0, 0.05) is 30.6 Å². The maximum Gasteiger partial charge on any atom is 0.414 e. The molecule has 2 heterocycles. The lowest BCUT2D eigenvalue weighted by Gasteiger charge is -2.26. The van der Waals surface area contributed by atoms with E-state index in [1.165, 1.54) is 16.4 Å². The second-order valence-corrected chi connectivity index (χ2v) is 7.77. The number of aliphatic hydroxyl groups is 1. The number of aromatic nitrogens is 2. The molecule has 4 N–H and O–H groups in total. The molecule has 11 heteroatoms. The van der Waals surface area contributed by atoms with E-state index in [0.29, 0.717) is 0 Å². The first-order valence-electron chi connectivity index (χ1n) is 9.28. The summed E-state index contributed by atoms with van der Waals surface area (Å²) < 4.78 is 55.1. The van der Waals surface area contributed by atoms with E-state index in [1.54, 1.807) is 0 Å². The van der Waals surface area contributed by atoms with Gasteiger partial charge in [0.2, 0.25) is 0 Å². The Morgan fingerprint density at radius 3 is 2.48 bits per heavy atom. The van der Waals surface area contributed by atoms with Gasteiger partial charge in [-0.1, -0.05) is 0 Å². The molecule has 7 nitrogen and oxygen atoms in total. The summed E-state index contributed by atoms with van der Waals surface area (Å²) in [6, 6.07) is -0.142. The Morgan fingerprint density at radius 2 is 1.90 bits per heavy atom. The van der Waals surface area contributed by atoms with Crippen molar-refractivity contribution in [2.45, 2.75) is 44.5 Å². The first kappa shape index (κ1) is 19.7. The number of hydrogen-bond donors (Lipinski definition) is 3. The highest BCUT2D eigenvalue weighted by Gasteiger charge is 2.46. The van der Waals surface area contributed by atoms with Crippen LogP contribution < -0.4 is 21.9 Å². The predicted octanol–water partition coefficient (Wildman–Crippen LogP) is 1.80. The fraction of sp³-hybridized carbons (Fsp3) is 0.556. The molecule has 1 aromatic heterocycles. The highest BCUT2D eigenvalue weighted by Crippen LogP contribution is 2.42. The molecule has 2 fully saturated rings. The minimum absolute atomic E-state index is 0.0162. The average Bonchev–Trinajstić information content (AvgIpc) is 3.35. The van der Waals surface area contributed by atoms with Gasteiger partial charge in [0.25, 0.3) is 5.56 Å². The van der Waals surface area contributed by atoms with Crippen molar-refractivity contribution in [1.82, 2.24) is 9.55 Å². The zero-order valence-corrected chi connectivity index (χ0v) is 15.5. The molecular formula is C18H20F4N4O3. The van der Waals surface area contributed by atoms with Crippen LogP contribution in [0.25, 0.3) is 10.9 Å². The van der Waals surface area contributed by atoms with Crippen molar-refractivity contribution in [3.8, 4) is 0 Å². The van der Waals surface area contributed by atoms with Crippen LogP contribution in [0.3, 0.4) is 0 Å². The Hall–Kier alpha value is -2.56. The molecule has 0 bridgehead atoms. The van der Waals surface area contributed by atoms with Crippen molar-refractivity contribution in [3.05, 3.63) is 32.2 Å². The Bertz CT molecular complexity index is 1100. The normalized spacial score (nSPS) is 21.2. The fourth-order valence-electron chi connectivity index (χ4n) is 4.25. The van der Waals surface area contributed by atoms with Gasteiger partial charge in [-0.2, -0.15) is 13.2 Å². The van der Waals surface area contributed by atoms with Gasteiger partial charge in [0.1, 0.15) is 0 Å². The van der Waals surface area contributed by atoms with Crippen molar-refractivity contribution in [2.75, 3.05) is 23.7 Å². The van der Waals surface area contributed by atoms with Crippen LogP contribution in [0.2, 0.25) is 0 Å². The number of nitrogen functional groups attached to an aromatic ring is 1. The smallest absolute Gasteiger partial charge is 0.396 e. The Balaban J connectivity index is 1.88. The number of benzene rings is 1. The van der Waals surface area contributed by atoms with Crippen LogP contribution in [-0.2, 0) is 0 Å². The number of aliphatic hydroxyl groups excluding tert-OH is 1. The summed E-state index contributed by atoms with van der Waals surface area (Å²) >= 11 is 0. The van der Waals surface area contributed by atoms with E-state index in [4.69, 9.17) is 5.73 Å². The largest absolute Gasteiger partial charge is 0.414 e. The minimum Gasteiger partial charge on any atom is -0.396 e. The third-order valence-electron chi connectivity index (χ3n) is 5.80. The molecule has 2 aromatic rings. The van der Waals surface area contributed by atoms with Crippen LogP contribution in [0, 0.1) is 18.7 Å². The van der Waals surface area contributed by atoms with E-state index in [0.717, 1.165) is 12.8 Å². The molecule has 2 unspecified atom stereocenters. The summed E-state index contributed by atoms with van der Waals surface area (Å²) in [6.45, 7) is 1.38. The monoisotopic (exact) mass is 416 g/mol. The molecule has 0 spiro atoms. The summed E-state index contributed by atoms with van der Waals surface area (Å²) in [7, 11) is 0. The highest BCUT2D eigenvalue weighted by atomic mass is 19.4. The first-order chi connectivity index (χ1) is 13.5. The Kier molecular flexibility index (Phi) is 4.41. The highest BCUT2D eigenvalue weighted by molar-refractivity contribution is 5.97. The number of nitrogens with zero attached hydrogens (tertiary/aromatic N) is 2. The van der Waals surface area contributed by atoms with Crippen molar-refractivity contribution in [2.24, 2.45) is 5.92 Å². The van der Waals surface area contributed by atoms with Gasteiger partial charge >= 0.3 is 11.9 Å². The first-order valence-corrected chi connectivity index (χ1v) is 9.28. The van der Waals surface area contributed by atoms with E-state index in [2.05, 4.69) is 4.98 Å². The quantitative estimate of drug-likeness (QED) is 0.523. The lowest BCUT2D eigenvalue weighted by atomic mass is 10.0. The molecule has 1 aliphatic carbocycles. The van der Waals surface area contributed by atoms with E-state index in [1.807, 2.05) is 0 Å². The van der Waals surface area contributed by atoms with Crippen LogP contribution in [0.15, 0.2) is 9.59 Å². The summed E-state index contributed by atoms with van der Waals surface area (Å²) in [5, 5.41) is 9.41. The van der Waals surface area contributed by atoms with E-state index >= 15 is 4.39 Å². The summed E-state index contributed by atoms with van der Waals surface area (Å²) in [5.74, 6) is -2.03. The minimum atomic E-state index is -4.77. The number of halogens is 4. The summed E-state index contributed by atoms with van der Waals surface area (Å²) in [6.07, 6.45) is -5.83. The summed E-state index contributed by atoms with van der Waals surface area (Å²) in [5.41, 5.74) is 4.45. The summed E-state index contributed by atoms with van der Waals surface area (Å²) in [4.78, 5) is 28.2. The second-order valence-electron chi connectivity index (χ2n) is 7.77. The van der Waals surface area contributed by atoms with Gasteiger partial charge in [0.05, 0.1) is 22.3 Å². The van der Waals surface area contributed by atoms with Crippen LogP contribution >= 0.6 is 0 Å². The average molecular weight is 416 g/mol. The molecular weight excluding hydrogens is 396 g/mol. The van der Waals surface area contributed by atoms with Gasteiger partial charge in [-0.25, -0.2) is 9.18 Å². The van der Waals surface area contributed by atoms with Gasteiger partial charge in [-0.05, 0) is 26.2 Å². The molecule has 4 rings (SSSR count). The number of hydrogen-bond acceptors (Lipinski definition) is 5. The lowest BCUT2D eigenvalue weighted by Crippen LogP contribution is -2.37. The molecule has 1 aliphatic heterocycles. The van der Waals surface area contributed by atoms with Crippen molar-refractivity contribution < 1.29 is 22.7 Å². The number of aromatic amines is 1. The predicted molar refractivity (Wildman–Crippen MR) is 98.6 cm³/mol. The fourth-order valence-corrected chi connectivity index (χ4v) is 4.25. The van der Waals surface area contributed by atoms with Gasteiger partial charge in [-0.15, -0.1) is 0 Å². The number of aryl methyl sites for hydroxylation is 1. The maximum absolute atomic E-state index is 15.1. The zero-order chi connectivity index (χ0) is 21.2. The lowest BCUT2D eigenvalue weighted by molar-refractivity contribution is -0.217. The number of alkyl halides is 3. The topological polar surface area (TPSA) is 104 Å². The van der Waals surface area contributed by atoms with Crippen molar-refractivity contribution >= 4 is 22.3 Å². The molecule has 29 heavy (non-hydrogen) atoms. The van der Waals surface area contributed by atoms with Gasteiger partial charge in [-0.3, -0.25) is 14.3 Å². The number of nitrogens with one attached hydrogen (secondary N) is 1. The SMILES string of the molecule is Cc1c(N2CCC(C(O)C(F)(F)F)C2)c(F)c(N)c2c(=O)[nH]c(=O)n(C3CC3)c12. The van der Waals surface area contributed by atoms with E-state index in [9.17, 15) is 27.9 Å². The molecule has 0 radical (unpaired) electrons. The molecule has 1 saturated carbocycles. The van der Waals surface area contributed by atoms with E-state index in [-0.39, 0.29) is 47.7 Å². The van der Waals surface area contributed by atoms with Crippen LogP contribution in [-0.4, -0.2) is 40.0 Å². The number of fused-ring (bicyclic) bond motifs is 1. The third kappa shape index (κ3) is 3.07. The molecule has 158 valence electrons. The number of rotatable bonds is 3. The maximum atomic E-state index is 15.1. The number of H-pyrrole nitrogens is 1. The number of nitrogens with two attached hydrogens (primary N) is 1. The molecule has 1 aromatic carbocycles. The van der Waals surface area contributed by atoms with Crippen LogP contribution in [0.4, 0.5) is 28.9 Å². The van der Waals surface area contributed by atoms with Crippen LogP contribution in [0.1, 0.15) is 30.9 Å². The van der Waals surface area contributed by atoms with Crippen molar-refractivity contribution in [1.29, 1.82) is 0 Å². The molecule has 2 aliphatic rings. The van der Waals surface area contributed by atoms with Crippen LogP contribution in [0.5, 0.6) is 0 Å². The standard InChI is InChI=1S/C18H20F4N4O3/c1-7-13-10(16(28)24-17(29)26(13)9-2-3-9)12(23)11(19)14(7)25-5-4-8(6-25)15(27)18(20,21)22/h8-9,15,27H,2-6,23H2,1H3,(H,24,28,29). The Morgan fingerprint density at radius 1 is 1.24 bits per heavy atom. The second kappa shape index (κ2) is 6.48. The van der Waals surface area contributed by atoms with Crippen molar-refractivity contribution in [3.63, 3.8) is 0 Å². The number of anilines is 2. The Labute approximate surface area is 161 Å². The zero-order valence-electron chi connectivity index (χ0n) is 15.5.